The molecule has 0 bridgehead atoms. The van der Waals surface area contributed by atoms with Gasteiger partial charge in [-0.1, -0.05) is 0 Å². The molecule has 2 heterocycles. The van der Waals surface area contributed by atoms with Gasteiger partial charge in [-0.2, -0.15) is 0 Å². The maximum atomic E-state index is 13.0. The standard InChI is InChI=1S/C20H25N3O3/c1-15-14-21-8-7-18(15)22-9-4-10-23(12-11-22)20(24)17-6-5-16(25-2)13-19(17)26-3/h5-8,13-14H,4,9-12H2,1-3H3. The molecule has 0 radical (unpaired) electrons. The smallest absolute Gasteiger partial charge is 0.257 e. The molecule has 1 fully saturated rings. The minimum Gasteiger partial charge on any atom is -0.497 e. The fourth-order valence-electron chi connectivity index (χ4n) is 3.33. The predicted molar refractivity (Wildman–Crippen MR) is 101 cm³/mol. The van der Waals surface area contributed by atoms with Crippen LogP contribution in [0.3, 0.4) is 0 Å². The first-order valence-corrected chi connectivity index (χ1v) is 8.81. The molecule has 3 rings (SSSR count). The third kappa shape index (κ3) is 3.74. The summed E-state index contributed by atoms with van der Waals surface area (Å²) in [6.07, 6.45) is 4.62. The van der Waals surface area contributed by atoms with E-state index in [4.69, 9.17) is 9.47 Å². The molecule has 26 heavy (non-hydrogen) atoms. The highest BCUT2D eigenvalue weighted by Crippen LogP contribution is 2.27. The van der Waals surface area contributed by atoms with Gasteiger partial charge in [0.15, 0.2) is 0 Å². The summed E-state index contributed by atoms with van der Waals surface area (Å²) in [5, 5.41) is 0. The fraction of sp³-hybridized carbons (Fsp3) is 0.400. The summed E-state index contributed by atoms with van der Waals surface area (Å²) in [7, 11) is 3.17. The minimum atomic E-state index is -0.00203. The zero-order valence-electron chi connectivity index (χ0n) is 15.6. The maximum Gasteiger partial charge on any atom is 0.257 e. The third-order valence-corrected chi connectivity index (χ3v) is 4.75. The number of hydrogen-bond acceptors (Lipinski definition) is 5. The van der Waals surface area contributed by atoms with Crippen LogP contribution in [0.25, 0.3) is 0 Å². The van der Waals surface area contributed by atoms with Crippen LogP contribution in [0.2, 0.25) is 0 Å². The summed E-state index contributed by atoms with van der Waals surface area (Å²) in [6, 6.07) is 7.35. The monoisotopic (exact) mass is 355 g/mol. The van der Waals surface area contributed by atoms with Crippen LogP contribution < -0.4 is 14.4 Å². The highest BCUT2D eigenvalue weighted by atomic mass is 16.5. The molecule has 1 saturated heterocycles. The number of benzene rings is 1. The van der Waals surface area contributed by atoms with Crippen molar-refractivity contribution >= 4 is 11.6 Å². The Hall–Kier alpha value is -2.76. The highest BCUT2D eigenvalue weighted by molar-refractivity contribution is 5.97. The van der Waals surface area contributed by atoms with Crippen molar-refractivity contribution in [2.75, 3.05) is 45.3 Å². The highest BCUT2D eigenvalue weighted by Gasteiger charge is 2.23. The Bertz CT molecular complexity index is 779. The van der Waals surface area contributed by atoms with Crippen molar-refractivity contribution < 1.29 is 14.3 Å². The van der Waals surface area contributed by atoms with Crippen molar-refractivity contribution in [1.29, 1.82) is 0 Å². The number of carbonyl (C=O) groups is 1. The lowest BCUT2D eigenvalue weighted by molar-refractivity contribution is 0.0763. The lowest BCUT2D eigenvalue weighted by atomic mass is 10.1. The molecule has 0 saturated carbocycles. The van der Waals surface area contributed by atoms with E-state index in [0.717, 1.165) is 31.6 Å². The Morgan fingerprint density at radius 3 is 2.65 bits per heavy atom. The lowest BCUT2D eigenvalue weighted by Gasteiger charge is -2.25. The number of nitrogens with zero attached hydrogens (tertiary/aromatic N) is 3. The number of hydrogen-bond donors (Lipinski definition) is 0. The van der Waals surface area contributed by atoms with Gasteiger partial charge in [-0.25, -0.2) is 0 Å². The molecule has 2 aromatic rings. The van der Waals surface area contributed by atoms with Gasteiger partial charge < -0.3 is 19.3 Å². The number of ether oxygens (including phenoxy) is 2. The molecule has 0 aliphatic carbocycles. The SMILES string of the molecule is COc1ccc(C(=O)N2CCCN(c3ccncc3C)CC2)c(OC)c1. The van der Waals surface area contributed by atoms with Crippen molar-refractivity contribution in [3.8, 4) is 11.5 Å². The number of pyridine rings is 1. The van der Waals surface area contributed by atoms with Crippen LogP contribution in [0.1, 0.15) is 22.3 Å². The normalized spacial score (nSPS) is 14.7. The van der Waals surface area contributed by atoms with E-state index < -0.39 is 0 Å². The summed E-state index contributed by atoms with van der Waals surface area (Å²) in [5.74, 6) is 1.21. The Balaban J connectivity index is 1.75. The number of amides is 1. The van der Waals surface area contributed by atoms with Gasteiger partial charge in [0.2, 0.25) is 0 Å². The summed E-state index contributed by atoms with van der Waals surface area (Å²) >= 11 is 0. The van der Waals surface area contributed by atoms with Gasteiger partial charge in [0.1, 0.15) is 11.5 Å². The molecule has 0 unspecified atom stereocenters. The van der Waals surface area contributed by atoms with E-state index in [9.17, 15) is 4.79 Å². The van der Waals surface area contributed by atoms with Crippen LogP contribution in [0.4, 0.5) is 5.69 Å². The van der Waals surface area contributed by atoms with Crippen molar-refractivity contribution in [3.05, 3.63) is 47.8 Å². The average molecular weight is 355 g/mol. The van der Waals surface area contributed by atoms with E-state index in [1.54, 1.807) is 32.4 Å². The molecule has 6 heteroatoms. The number of aryl methyl sites for hydroxylation is 1. The second kappa shape index (κ2) is 8.08. The van der Waals surface area contributed by atoms with Crippen LogP contribution in [-0.4, -0.2) is 56.2 Å². The van der Waals surface area contributed by atoms with Gasteiger partial charge in [-0.3, -0.25) is 9.78 Å². The Morgan fingerprint density at radius 1 is 1.08 bits per heavy atom. The van der Waals surface area contributed by atoms with Gasteiger partial charge in [-0.15, -0.1) is 0 Å². The molecule has 0 atom stereocenters. The summed E-state index contributed by atoms with van der Waals surface area (Å²) in [4.78, 5) is 21.4. The largest absolute Gasteiger partial charge is 0.497 e. The molecular formula is C20H25N3O3. The van der Waals surface area contributed by atoms with Crippen molar-refractivity contribution in [3.63, 3.8) is 0 Å². The molecule has 1 aliphatic rings. The van der Waals surface area contributed by atoms with E-state index in [-0.39, 0.29) is 5.91 Å². The van der Waals surface area contributed by atoms with Gasteiger partial charge in [0, 0.05) is 50.3 Å². The van der Waals surface area contributed by atoms with E-state index in [0.29, 0.717) is 23.6 Å². The quantitative estimate of drug-likeness (QED) is 0.844. The molecule has 0 N–H and O–H groups in total. The van der Waals surface area contributed by atoms with Crippen LogP contribution in [0.15, 0.2) is 36.7 Å². The van der Waals surface area contributed by atoms with Gasteiger partial charge in [-0.05, 0) is 37.1 Å². The van der Waals surface area contributed by atoms with E-state index in [2.05, 4.69) is 16.8 Å². The third-order valence-electron chi connectivity index (χ3n) is 4.75. The predicted octanol–water partition coefficient (Wildman–Crippen LogP) is 2.76. The average Bonchev–Trinajstić information content (AvgIpc) is 2.93. The number of methoxy groups -OCH3 is 2. The maximum absolute atomic E-state index is 13.0. The summed E-state index contributed by atoms with van der Waals surface area (Å²) < 4.78 is 10.6. The van der Waals surface area contributed by atoms with Gasteiger partial charge in [0.25, 0.3) is 5.91 Å². The number of rotatable bonds is 4. The molecule has 1 aliphatic heterocycles. The molecule has 138 valence electrons. The zero-order valence-corrected chi connectivity index (χ0v) is 15.6. The second-order valence-corrected chi connectivity index (χ2v) is 6.36. The van der Waals surface area contributed by atoms with Crippen LogP contribution >= 0.6 is 0 Å². The Morgan fingerprint density at radius 2 is 1.92 bits per heavy atom. The first-order chi connectivity index (χ1) is 12.6. The van der Waals surface area contributed by atoms with Crippen LogP contribution in [0.5, 0.6) is 11.5 Å². The Labute approximate surface area is 154 Å². The van der Waals surface area contributed by atoms with Crippen molar-refractivity contribution in [1.82, 2.24) is 9.88 Å². The Kier molecular flexibility index (Phi) is 5.61. The first-order valence-electron chi connectivity index (χ1n) is 8.81. The minimum absolute atomic E-state index is 0.00203. The van der Waals surface area contributed by atoms with Gasteiger partial charge in [0.05, 0.1) is 19.8 Å². The molecule has 1 aromatic heterocycles. The number of anilines is 1. The second-order valence-electron chi connectivity index (χ2n) is 6.36. The number of carbonyl (C=O) groups excluding carboxylic acids is 1. The molecule has 6 nitrogen and oxygen atoms in total. The zero-order chi connectivity index (χ0) is 18.5. The molecule has 0 spiro atoms. The van der Waals surface area contributed by atoms with Crippen molar-refractivity contribution in [2.45, 2.75) is 13.3 Å². The van der Waals surface area contributed by atoms with E-state index in [1.807, 2.05) is 23.4 Å². The van der Waals surface area contributed by atoms with Crippen molar-refractivity contribution in [2.24, 2.45) is 0 Å². The lowest BCUT2D eigenvalue weighted by Crippen LogP contribution is -2.35. The van der Waals surface area contributed by atoms with Crippen LogP contribution in [-0.2, 0) is 0 Å². The topological polar surface area (TPSA) is 54.9 Å². The first kappa shape index (κ1) is 18.0. The van der Waals surface area contributed by atoms with Gasteiger partial charge >= 0.3 is 0 Å². The fourth-order valence-corrected chi connectivity index (χ4v) is 3.33. The summed E-state index contributed by atoms with van der Waals surface area (Å²) in [5.41, 5.74) is 2.92. The van der Waals surface area contributed by atoms with E-state index in [1.165, 1.54) is 5.69 Å². The van der Waals surface area contributed by atoms with E-state index >= 15 is 0 Å². The summed E-state index contributed by atoms with van der Waals surface area (Å²) in [6.45, 7) is 5.20. The van der Waals surface area contributed by atoms with Crippen LogP contribution in [0, 0.1) is 6.92 Å². The molecule has 1 amide bonds. The molecular weight excluding hydrogens is 330 g/mol. The molecule has 1 aromatic carbocycles. The number of aromatic nitrogens is 1.